The van der Waals surface area contributed by atoms with Crippen molar-refractivity contribution in [3.63, 3.8) is 0 Å². The third kappa shape index (κ3) is 3.18. The van der Waals surface area contributed by atoms with Crippen LogP contribution in [0.5, 0.6) is 0 Å². The Labute approximate surface area is 94.7 Å². The predicted molar refractivity (Wildman–Crippen MR) is 65.0 cm³/mol. The van der Waals surface area contributed by atoms with E-state index in [2.05, 4.69) is 25.7 Å². The Morgan fingerprint density at radius 3 is 2.27 bits per heavy atom. The van der Waals surface area contributed by atoms with Crippen molar-refractivity contribution >= 4 is 0 Å². The molecular weight excluding hydrogens is 186 g/mol. The highest BCUT2D eigenvalue weighted by atomic mass is 16.3. The molecule has 2 unspecified atom stereocenters. The van der Waals surface area contributed by atoms with Gasteiger partial charge >= 0.3 is 0 Å². The lowest BCUT2D eigenvalue weighted by atomic mass is 9.82. The lowest BCUT2D eigenvalue weighted by Gasteiger charge is -2.30. The first kappa shape index (κ1) is 13.0. The molecule has 2 nitrogen and oxygen atoms in total. The van der Waals surface area contributed by atoms with Gasteiger partial charge in [0.25, 0.3) is 0 Å². The summed E-state index contributed by atoms with van der Waals surface area (Å²) in [6.45, 7) is 11.2. The summed E-state index contributed by atoms with van der Waals surface area (Å²) in [6, 6.07) is 0.532. The first-order valence-electron chi connectivity index (χ1n) is 6.45. The van der Waals surface area contributed by atoms with Gasteiger partial charge in [0.05, 0.1) is 6.10 Å². The molecule has 0 aromatic rings. The maximum absolute atomic E-state index is 9.40. The number of hydrogen-bond donors (Lipinski definition) is 1. The van der Waals surface area contributed by atoms with Crippen LogP contribution in [0.3, 0.4) is 0 Å². The van der Waals surface area contributed by atoms with E-state index in [-0.39, 0.29) is 6.10 Å². The van der Waals surface area contributed by atoms with Crippen LogP contribution in [0.2, 0.25) is 0 Å². The van der Waals surface area contributed by atoms with Crippen LogP contribution in [0, 0.1) is 5.41 Å². The molecule has 15 heavy (non-hydrogen) atoms. The molecule has 2 atom stereocenters. The van der Waals surface area contributed by atoms with Crippen molar-refractivity contribution in [3.8, 4) is 0 Å². The van der Waals surface area contributed by atoms with Crippen LogP contribution >= 0.6 is 0 Å². The third-order valence-corrected chi connectivity index (χ3v) is 4.27. The molecule has 0 saturated carbocycles. The largest absolute Gasteiger partial charge is 0.393 e. The molecule has 2 heteroatoms. The molecule has 0 aliphatic carbocycles. The zero-order valence-corrected chi connectivity index (χ0v) is 10.8. The molecule has 90 valence electrons. The van der Waals surface area contributed by atoms with Crippen LogP contribution in [-0.2, 0) is 0 Å². The lowest BCUT2D eigenvalue weighted by molar-refractivity contribution is 0.123. The topological polar surface area (TPSA) is 23.5 Å². The first-order valence-corrected chi connectivity index (χ1v) is 6.45. The second-order valence-electron chi connectivity index (χ2n) is 5.36. The van der Waals surface area contributed by atoms with E-state index in [4.69, 9.17) is 0 Å². The molecule has 0 amide bonds. The van der Waals surface area contributed by atoms with Gasteiger partial charge in [0.15, 0.2) is 0 Å². The van der Waals surface area contributed by atoms with E-state index in [1.54, 1.807) is 0 Å². The molecular formula is C13H27NO. The molecule has 1 N–H and O–H groups in total. The molecule has 1 aliphatic heterocycles. The zero-order valence-electron chi connectivity index (χ0n) is 10.8. The summed E-state index contributed by atoms with van der Waals surface area (Å²) in [5, 5.41) is 9.40. The molecule has 0 radical (unpaired) electrons. The molecule has 0 aromatic heterocycles. The molecule has 0 aromatic carbocycles. The Hall–Kier alpha value is -0.0800. The summed E-state index contributed by atoms with van der Waals surface area (Å²) in [4.78, 5) is 2.56. The van der Waals surface area contributed by atoms with E-state index < -0.39 is 0 Å². The molecule has 0 spiro atoms. The minimum Gasteiger partial charge on any atom is -0.393 e. The van der Waals surface area contributed by atoms with E-state index >= 15 is 0 Å². The third-order valence-electron chi connectivity index (χ3n) is 4.27. The molecule has 1 saturated heterocycles. The number of hydrogen-bond acceptors (Lipinski definition) is 2. The smallest absolute Gasteiger partial charge is 0.0526 e. The summed E-state index contributed by atoms with van der Waals surface area (Å²) in [7, 11) is 0. The Morgan fingerprint density at radius 1 is 1.27 bits per heavy atom. The highest BCUT2D eigenvalue weighted by Crippen LogP contribution is 2.38. The van der Waals surface area contributed by atoms with E-state index in [9.17, 15) is 5.11 Å². The van der Waals surface area contributed by atoms with Crippen LogP contribution in [0.1, 0.15) is 53.4 Å². The van der Waals surface area contributed by atoms with Gasteiger partial charge in [-0.05, 0) is 51.5 Å². The van der Waals surface area contributed by atoms with Crippen molar-refractivity contribution in [2.24, 2.45) is 5.41 Å². The molecule has 1 heterocycles. The molecule has 1 fully saturated rings. The van der Waals surface area contributed by atoms with Crippen molar-refractivity contribution in [2.75, 3.05) is 13.1 Å². The summed E-state index contributed by atoms with van der Waals surface area (Å²) in [5.74, 6) is 0. The molecule has 0 bridgehead atoms. The quantitative estimate of drug-likeness (QED) is 0.759. The first-order chi connectivity index (χ1) is 7.03. The van der Waals surface area contributed by atoms with Crippen LogP contribution < -0.4 is 0 Å². The maximum Gasteiger partial charge on any atom is 0.0526 e. The van der Waals surface area contributed by atoms with Crippen LogP contribution in [-0.4, -0.2) is 35.2 Å². The minimum atomic E-state index is -0.168. The Bertz CT molecular complexity index is 187. The average molecular weight is 213 g/mol. The normalized spacial score (nSPS) is 25.4. The minimum absolute atomic E-state index is 0.168. The van der Waals surface area contributed by atoms with Crippen molar-refractivity contribution in [2.45, 2.75) is 65.5 Å². The van der Waals surface area contributed by atoms with Crippen LogP contribution in [0.4, 0.5) is 0 Å². The fourth-order valence-electron chi connectivity index (χ4n) is 2.82. The summed E-state index contributed by atoms with van der Waals surface area (Å²) in [5.41, 5.74) is 0.562. The van der Waals surface area contributed by atoms with Crippen molar-refractivity contribution in [1.29, 1.82) is 0 Å². The lowest BCUT2D eigenvalue weighted by Crippen LogP contribution is -2.35. The van der Waals surface area contributed by atoms with Gasteiger partial charge in [-0.3, -0.25) is 4.90 Å². The van der Waals surface area contributed by atoms with Crippen molar-refractivity contribution in [1.82, 2.24) is 4.90 Å². The average Bonchev–Trinajstić information content (AvgIpc) is 2.62. The number of aliphatic hydroxyl groups excluding tert-OH is 1. The van der Waals surface area contributed by atoms with E-state index in [1.807, 2.05) is 6.92 Å². The summed E-state index contributed by atoms with van der Waals surface area (Å²) < 4.78 is 0. The second-order valence-corrected chi connectivity index (χ2v) is 5.36. The van der Waals surface area contributed by atoms with Crippen LogP contribution in [0.15, 0.2) is 0 Å². The molecule has 1 rings (SSSR count). The van der Waals surface area contributed by atoms with Gasteiger partial charge in [-0.25, -0.2) is 0 Å². The molecule has 1 aliphatic rings. The van der Waals surface area contributed by atoms with Gasteiger partial charge in [-0.15, -0.1) is 0 Å². The predicted octanol–water partition coefficient (Wildman–Crippen LogP) is 2.66. The highest BCUT2D eigenvalue weighted by molar-refractivity contribution is 4.90. The second kappa shape index (κ2) is 5.31. The summed E-state index contributed by atoms with van der Waals surface area (Å²) >= 11 is 0. The van der Waals surface area contributed by atoms with Crippen molar-refractivity contribution < 1.29 is 5.11 Å². The van der Waals surface area contributed by atoms with Gasteiger partial charge in [-0.1, -0.05) is 13.8 Å². The number of likely N-dealkylation sites (tertiary alicyclic amines) is 1. The number of aliphatic hydroxyl groups is 1. The number of nitrogens with zero attached hydrogens (tertiary/aromatic N) is 1. The maximum atomic E-state index is 9.40. The fourth-order valence-corrected chi connectivity index (χ4v) is 2.82. The van der Waals surface area contributed by atoms with Crippen LogP contribution in [0.25, 0.3) is 0 Å². The van der Waals surface area contributed by atoms with E-state index in [0.29, 0.717) is 11.5 Å². The Morgan fingerprint density at radius 2 is 1.87 bits per heavy atom. The number of rotatable bonds is 5. The zero-order chi connectivity index (χ0) is 11.5. The highest BCUT2D eigenvalue weighted by Gasteiger charge is 2.36. The van der Waals surface area contributed by atoms with Gasteiger partial charge in [0.1, 0.15) is 0 Å². The fraction of sp³-hybridized carbons (Fsp3) is 1.00. The standard InChI is InChI=1S/C13H27NO/c1-5-13(6-2)7-8-14(10-13)11(3)9-12(4)15/h11-12,15H,5-10H2,1-4H3. The monoisotopic (exact) mass is 213 g/mol. The van der Waals surface area contributed by atoms with Gasteiger partial charge in [0.2, 0.25) is 0 Å². The van der Waals surface area contributed by atoms with E-state index in [0.717, 1.165) is 6.42 Å². The van der Waals surface area contributed by atoms with Crippen molar-refractivity contribution in [3.05, 3.63) is 0 Å². The summed E-state index contributed by atoms with van der Waals surface area (Å²) in [6.07, 6.45) is 4.66. The van der Waals surface area contributed by atoms with E-state index in [1.165, 1.54) is 32.4 Å². The van der Waals surface area contributed by atoms with Gasteiger partial charge in [0, 0.05) is 12.6 Å². The Kier molecular flexibility index (Phi) is 4.60. The Balaban J connectivity index is 2.47. The SMILES string of the molecule is CCC1(CC)CCN(C(C)CC(C)O)C1. The van der Waals surface area contributed by atoms with Gasteiger partial charge in [-0.2, -0.15) is 0 Å². The van der Waals surface area contributed by atoms with Gasteiger partial charge < -0.3 is 5.11 Å².